The summed E-state index contributed by atoms with van der Waals surface area (Å²) in [6.45, 7) is 1.50. The standard InChI is InChI=1S/C60H113NO18/c1-3-5-7-8-9-10-11-12-13-14-15-16-17-18-19-20-21-22-23-24-25-26-27-28-29-30-31-32-33-34-36-38-48(66)61-43(44(65)37-35-6-4-2)42-74-58-54(72)51(69)56(46(40-63)76-58)79-60-55(73)52(70)57(47(41-64)77-60)78-59-53(71)50(68)49(67)45(39-62)75-59/h35,37,43-47,49-60,62-65,67-73H,3-34,36,38-42H2,1-2H3,(H,61,66)/b37-35+. The van der Waals surface area contributed by atoms with Crippen LogP contribution in [0, 0.1) is 0 Å². The second-order valence-corrected chi connectivity index (χ2v) is 22.9. The van der Waals surface area contributed by atoms with Crippen LogP contribution in [0.25, 0.3) is 0 Å². The molecule has 0 aromatic carbocycles. The van der Waals surface area contributed by atoms with Crippen LogP contribution in [0.2, 0.25) is 0 Å². The van der Waals surface area contributed by atoms with Crippen molar-refractivity contribution in [3.8, 4) is 0 Å². The number of amides is 1. The molecule has 0 bridgehead atoms. The van der Waals surface area contributed by atoms with E-state index < -0.39 is 124 Å². The third-order valence-electron chi connectivity index (χ3n) is 16.1. The van der Waals surface area contributed by atoms with Crippen molar-refractivity contribution in [1.29, 1.82) is 0 Å². The molecule has 17 unspecified atom stereocenters. The molecule has 1 amide bonds. The summed E-state index contributed by atoms with van der Waals surface area (Å²) in [5.74, 6) is -0.283. The molecule has 0 radical (unpaired) electrons. The van der Waals surface area contributed by atoms with Crippen LogP contribution >= 0.6 is 0 Å². The first-order valence-electron chi connectivity index (χ1n) is 31.4. The predicted octanol–water partition coefficient (Wildman–Crippen LogP) is 6.16. The maximum atomic E-state index is 13.1. The van der Waals surface area contributed by atoms with Crippen LogP contribution in [0.1, 0.15) is 232 Å². The van der Waals surface area contributed by atoms with Crippen molar-refractivity contribution in [2.75, 3.05) is 26.4 Å². The van der Waals surface area contributed by atoms with Gasteiger partial charge in [-0.05, 0) is 12.8 Å². The molecule has 3 fully saturated rings. The maximum absolute atomic E-state index is 13.1. The van der Waals surface area contributed by atoms with Gasteiger partial charge in [0.25, 0.3) is 0 Å². The van der Waals surface area contributed by atoms with Crippen molar-refractivity contribution in [1.82, 2.24) is 5.32 Å². The first-order chi connectivity index (χ1) is 38.3. The largest absolute Gasteiger partial charge is 0.394 e. The zero-order valence-electron chi connectivity index (χ0n) is 48.6. The number of aliphatic hydroxyl groups is 11. The number of nitrogens with one attached hydrogen (secondary N) is 1. The van der Waals surface area contributed by atoms with Gasteiger partial charge in [0.2, 0.25) is 5.91 Å². The highest BCUT2D eigenvalue weighted by molar-refractivity contribution is 5.76. The van der Waals surface area contributed by atoms with Crippen molar-refractivity contribution in [2.45, 2.75) is 336 Å². The Morgan fingerprint density at radius 3 is 1.16 bits per heavy atom. The number of ether oxygens (including phenoxy) is 6. The van der Waals surface area contributed by atoms with Crippen molar-refractivity contribution in [3.63, 3.8) is 0 Å². The van der Waals surface area contributed by atoms with Crippen LogP contribution < -0.4 is 5.32 Å². The van der Waals surface area contributed by atoms with E-state index in [1.54, 1.807) is 12.2 Å². The zero-order chi connectivity index (χ0) is 57.6. The summed E-state index contributed by atoms with van der Waals surface area (Å²) < 4.78 is 34.0. The summed E-state index contributed by atoms with van der Waals surface area (Å²) in [7, 11) is 0. The fourth-order valence-corrected chi connectivity index (χ4v) is 10.9. The summed E-state index contributed by atoms with van der Waals surface area (Å²) in [4.78, 5) is 13.1. The Bertz CT molecular complexity index is 1500. The lowest BCUT2D eigenvalue weighted by molar-refractivity contribution is -0.379. The van der Waals surface area contributed by atoms with Gasteiger partial charge in [0, 0.05) is 6.42 Å². The van der Waals surface area contributed by atoms with Crippen LogP contribution in [0.3, 0.4) is 0 Å². The number of hydrogen-bond acceptors (Lipinski definition) is 18. The van der Waals surface area contributed by atoms with Gasteiger partial charge < -0.3 is 89.9 Å². The lowest BCUT2D eigenvalue weighted by Crippen LogP contribution is -2.66. The van der Waals surface area contributed by atoms with E-state index in [4.69, 9.17) is 28.4 Å². The highest BCUT2D eigenvalue weighted by atomic mass is 16.8. The van der Waals surface area contributed by atoms with E-state index in [1.807, 2.05) is 6.92 Å². The molecule has 12 N–H and O–H groups in total. The first kappa shape index (κ1) is 71.8. The van der Waals surface area contributed by atoms with Gasteiger partial charge in [-0.2, -0.15) is 0 Å². The predicted molar refractivity (Wildman–Crippen MR) is 300 cm³/mol. The third kappa shape index (κ3) is 27.9. The van der Waals surface area contributed by atoms with Gasteiger partial charge in [-0.1, -0.05) is 225 Å². The number of rotatable bonds is 47. The van der Waals surface area contributed by atoms with Crippen molar-refractivity contribution >= 4 is 5.91 Å². The molecule has 3 aliphatic heterocycles. The number of aliphatic hydroxyl groups excluding tert-OH is 11. The number of carbonyl (C=O) groups excluding carboxylic acids is 1. The average molecular weight is 1140 g/mol. The Balaban J connectivity index is 1.26. The van der Waals surface area contributed by atoms with Crippen molar-refractivity contribution in [2.24, 2.45) is 0 Å². The van der Waals surface area contributed by atoms with Crippen LogP contribution in [-0.2, 0) is 33.2 Å². The smallest absolute Gasteiger partial charge is 0.220 e. The summed E-state index contributed by atoms with van der Waals surface area (Å²) >= 11 is 0. The zero-order valence-corrected chi connectivity index (χ0v) is 48.6. The minimum atomic E-state index is -1.97. The summed E-state index contributed by atoms with van der Waals surface area (Å²) in [6.07, 6.45) is 19.4. The van der Waals surface area contributed by atoms with Crippen LogP contribution in [0.5, 0.6) is 0 Å². The van der Waals surface area contributed by atoms with Gasteiger partial charge in [-0.15, -0.1) is 0 Å². The van der Waals surface area contributed by atoms with Crippen LogP contribution in [-0.4, -0.2) is 193 Å². The summed E-state index contributed by atoms with van der Waals surface area (Å²) in [5, 5.41) is 119. The molecule has 3 aliphatic rings. The van der Waals surface area contributed by atoms with E-state index >= 15 is 0 Å². The van der Waals surface area contributed by atoms with Crippen LogP contribution in [0.15, 0.2) is 12.2 Å². The molecule has 466 valence electrons. The molecule has 0 aromatic heterocycles. The Kier molecular flexibility index (Phi) is 40.1. The Morgan fingerprint density at radius 1 is 0.443 bits per heavy atom. The van der Waals surface area contributed by atoms with E-state index in [9.17, 15) is 61.0 Å². The molecule has 0 aromatic rings. The van der Waals surface area contributed by atoms with Crippen molar-refractivity contribution in [3.05, 3.63) is 12.2 Å². The Hall–Kier alpha value is -1.47. The van der Waals surface area contributed by atoms with E-state index in [1.165, 1.54) is 173 Å². The molecule has 0 aliphatic carbocycles. The molecule has 3 heterocycles. The molecule has 79 heavy (non-hydrogen) atoms. The fourth-order valence-electron chi connectivity index (χ4n) is 10.9. The average Bonchev–Trinajstić information content (AvgIpc) is 3.50. The van der Waals surface area contributed by atoms with E-state index in [-0.39, 0.29) is 18.9 Å². The van der Waals surface area contributed by atoms with E-state index in [0.29, 0.717) is 12.8 Å². The first-order valence-corrected chi connectivity index (χ1v) is 31.4. The lowest BCUT2D eigenvalue weighted by Gasteiger charge is -2.48. The molecule has 3 saturated heterocycles. The Labute approximate surface area is 474 Å². The Morgan fingerprint density at radius 2 is 0.785 bits per heavy atom. The summed E-state index contributed by atoms with van der Waals surface area (Å²) in [5.41, 5.74) is 0. The minimum Gasteiger partial charge on any atom is -0.394 e. The number of allylic oxidation sites excluding steroid dienone is 1. The molecule has 19 heteroatoms. The SMILES string of the molecule is CCC/C=C/C(O)C(COC1OC(CO)C(OC2OC(CO)C(OC3OC(CO)C(O)C(O)C3O)C(O)C2O)C(O)C1O)NC(=O)CCCCCCCCCCCCCCCCCCCCCCCCCCCCCCCCC. The minimum absolute atomic E-state index is 0.246. The third-order valence-corrected chi connectivity index (χ3v) is 16.1. The summed E-state index contributed by atoms with van der Waals surface area (Å²) in [6, 6.07) is -0.964. The van der Waals surface area contributed by atoms with Gasteiger partial charge in [-0.3, -0.25) is 4.79 Å². The molecular weight excluding hydrogens is 1020 g/mol. The molecule has 0 saturated carbocycles. The highest BCUT2D eigenvalue weighted by Crippen LogP contribution is 2.33. The second-order valence-electron chi connectivity index (χ2n) is 22.9. The lowest BCUT2D eigenvalue weighted by atomic mass is 9.96. The number of unbranched alkanes of at least 4 members (excludes halogenated alkanes) is 31. The van der Waals surface area contributed by atoms with Gasteiger partial charge in [-0.25, -0.2) is 0 Å². The van der Waals surface area contributed by atoms with Gasteiger partial charge in [0.1, 0.15) is 73.2 Å². The molecule has 3 rings (SSSR count). The molecule has 19 nitrogen and oxygen atoms in total. The maximum Gasteiger partial charge on any atom is 0.220 e. The van der Waals surface area contributed by atoms with Gasteiger partial charge in [0.15, 0.2) is 18.9 Å². The second kappa shape index (κ2) is 44.1. The van der Waals surface area contributed by atoms with Crippen LogP contribution in [0.4, 0.5) is 0 Å². The quantitative estimate of drug-likeness (QED) is 0.0240. The fraction of sp³-hybridized carbons (Fsp3) is 0.950. The highest BCUT2D eigenvalue weighted by Gasteiger charge is 2.53. The molecular formula is C60H113NO18. The van der Waals surface area contributed by atoms with Gasteiger partial charge in [0.05, 0.1) is 38.6 Å². The monoisotopic (exact) mass is 1140 g/mol. The molecule has 17 atom stereocenters. The number of hydrogen-bond donors (Lipinski definition) is 12. The van der Waals surface area contributed by atoms with E-state index in [0.717, 1.165) is 25.7 Å². The van der Waals surface area contributed by atoms with Crippen molar-refractivity contribution < 1.29 is 89.4 Å². The normalized spacial score (nSPS) is 30.3. The topological polar surface area (TPSA) is 307 Å². The number of carbonyl (C=O) groups is 1. The molecule has 0 spiro atoms. The van der Waals surface area contributed by atoms with E-state index in [2.05, 4.69) is 12.2 Å². The van der Waals surface area contributed by atoms with Gasteiger partial charge >= 0.3 is 0 Å².